The molecule has 1 aliphatic heterocycles. The van der Waals surface area contributed by atoms with Crippen LogP contribution in [0.2, 0.25) is 0 Å². The third-order valence-corrected chi connectivity index (χ3v) is 7.45. The molecular weight excluding hydrogens is 500 g/mol. The number of nitrogens with one attached hydrogen (secondary N) is 1. The lowest BCUT2D eigenvalue weighted by molar-refractivity contribution is -0.148. The van der Waals surface area contributed by atoms with Gasteiger partial charge in [0.05, 0.1) is 4.88 Å². The summed E-state index contributed by atoms with van der Waals surface area (Å²) in [6, 6.07) is 19.1. The van der Waals surface area contributed by atoms with Gasteiger partial charge in [-0.25, -0.2) is 14.8 Å². The highest BCUT2D eigenvalue weighted by Crippen LogP contribution is 2.23. The van der Waals surface area contributed by atoms with Crippen molar-refractivity contribution in [3.8, 4) is 22.5 Å². The van der Waals surface area contributed by atoms with Crippen LogP contribution in [0.15, 0.2) is 84.5 Å². The molecule has 192 valence electrons. The molecule has 5 rings (SSSR count). The van der Waals surface area contributed by atoms with Gasteiger partial charge in [-0.2, -0.15) is 0 Å². The summed E-state index contributed by atoms with van der Waals surface area (Å²) in [4.78, 5) is 48.8. The fraction of sp³-hybridized carbons (Fsp3) is 0.207. The first-order chi connectivity index (χ1) is 18.5. The third kappa shape index (κ3) is 5.63. The minimum absolute atomic E-state index is 0.229. The summed E-state index contributed by atoms with van der Waals surface area (Å²) >= 11 is 1.28. The van der Waals surface area contributed by atoms with Gasteiger partial charge in [0.2, 0.25) is 5.91 Å². The van der Waals surface area contributed by atoms with E-state index in [2.05, 4.69) is 15.3 Å². The van der Waals surface area contributed by atoms with Gasteiger partial charge in [0.15, 0.2) is 5.82 Å². The maximum absolute atomic E-state index is 13.4. The van der Waals surface area contributed by atoms with Crippen LogP contribution >= 0.6 is 11.3 Å². The van der Waals surface area contributed by atoms with Crippen molar-refractivity contribution in [1.29, 1.82) is 0 Å². The number of benzene rings is 2. The van der Waals surface area contributed by atoms with E-state index in [9.17, 15) is 19.5 Å². The van der Waals surface area contributed by atoms with Crippen LogP contribution in [0.1, 0.15) is 28.1 Å². The molecule has 3 heterocycles. The fourth-order valence-electron chi connectivity index (χ4n) is 4.61. The monoisotopic (exact) mass is 526 g/mol. The first-order valence-electron chi connectivity index (χ1n) is 12.3. The van der Waals surface area contributed by atoms with Gasteiger partial charge in [-0.1, -0.05) is 60.7 Å². The zero-order chi connectivity index (χ0) is 26.5. The molecule has 1 saturated heterocycles. The van der Waals surface area contributed by atoms with Crippen LogP contribution in [0.3, 0.4) is 0 Å². The van der Waals surface area contributed by atoms with Crippen molar-refractivity contribution in [3.63, 3.8) is 0 Å². The van der Waals surface area contributed by atoms with Crippen molar-refractivity contribution in [3.05, 3.63) is 94.9 Å². The lowest BCUT2D eigenvalue weighted by atomic mass is 10.0. The molecular formula is C29H26N4O4S. The van der Waals surface area contributed by atoms with E-state index < -0.39 is 18.1 Å². The number of aliphatic carboxylic acids is 1. The Morgan fingerprint density at radius 1 is 0.947 bits per heavy atom. The van der Waals surface area contributed by atoms with Crippen LogP contribution in [0.5, 0.6) is 0 Å². The molecule has 9 heteroatoms. The molecule has 1 fully saturated rings. The van der Waals surface area contributed by atoms with Gasteiger partial charge in [-0.15, -0.1) is 11.3 Å². The minimum Gasteiger partial charge on any atom is -0.480 e. The van der Waals surface area contributed by atoms with Crippen LogP contribution in [0.25, 0.3) is 22.5 Å². The van der Waals surface area contributed by atoms with Crippen molar-refractivity contribution in [2.75, 3.05) is 6.54 Å². The molecule has 2 atom stereocenters. The van der Waals surface area contributed by atoms with Crippen LogP contribution in [0.4, 0.5) is 0 Å². The second-order valence-electron chi connectivity index (χ2n) is 9.09. The SMILES string of the molecule is O=C(NC(Cc1ccc(-c2ncc(-c3ccccc3)cn2)cc1)C(=O)N1CCCC1C(=O)O)c1cccs1. The molecule has 0 spiro atoms. The van der Waals surface area contributed by atoms with E-state index in [1.54, 1.807) is 29.9 Å². The Morgan fingerprint density at radius 2 is 1.68 bits per heavy atom. The summed E-state index contributed by atoms with van der Waals surface area (Å²) in [7, 11) is 0. The first-order valence-corrected chi connectivity index (χ1v) is 13.2. The van der Waals surface area contributed by atoms with E-state index >= 15 is 0 Å². The van der Waals surface area contributed by atoms with Crippen LogP contribution in [-0.2, 0) is 16.0 Å². The molecule has 0 aliphatic carbocycles. The second kappa shape index (κ2) is 11.4. The molecule has 2 aromatic heterocycles. The second-order valence-corrected chi connectivity index (χ2v) is 10.0. The molecule has 1 aliphatic rings. The number of carbonyl (C=O) groups is 3. The van der Waals surface area contributed by atoms with Crippen molar-refractivity contribution in [2.24, 2.45) is 0 Å². The number of likely N-dealkylation sites (tertiary alicyclic amines) is 1. The highest BCUT2D eigenvalue weighted by Gasteiger charge is 2.37. The minimum atomic E-state index is -1.03. The fourth-order valence-corrected chi connectivity index (χ4v) is 5.23. The van der Waals surface area contributed by atoms with Crippen molar-refractivity contribution >= 4 is 29.1 Å². The largest absolute Gasteiger partial charge is 0.480 e. The summed E-state index contributed by atoms with van der Waals surface area (Å²) in [6.45, 7) is 0.358. The average Bonchev–Trinajstić information content (AvgIpc) is 3.67. The lowest BCUT2D eigenvalue weighted by Gasteiger charge is -2.27. The van der Waals surface area contributed by atoms with Gasteiger partial charge < -0.3 is 15.3 Å². The molecule has 2 unspecified atom stereocenters. The Balaban J connectivity index is 1.33. The molecule has 0 saturated carbocycles. The van der Waals surface area contributed by atoms with Gasteiger partial charge in [0.1, 0.15) is 12.1 Å². The van der Waals surface area contributed by atoms with E-state index in [0.29, 0.717) is 30.1 Å². The van der Waals surface area contributed by atoms with E-state index in [1.165, 1.54) is 16.2 Å². The third-order valence-electron chi connectivity index (χ3n) is 6.58. The molecule has 0 bridgehead atoms. The van der Waals surface area contributed by atoms with Gasteiger partial charge in [0.25, 0.3) is 5.91 Å². The first kappa shape index (κ1) is 25.3. The Bertz CT molecular complexity index is 1410. The number of aromatic nitrogens is 2. The van der Waals surface area contributed by atoms with Gasteiger partial charge >= 0.3 is 5.97 Å². The van der Waals surface area contributed by atoms with E-state index in [1.807, 2.05) is 54.6 Å². The molecule has 8 nitrogen and oxygen atoms in total. The molecule has 2 aromatic carbocycles. The van der Waals surface area contributed by atoms with Crippen molar-refractivity contribution in [2.45, 2.75) is 31.3 Å². The number of nitrogens with zero attached hydrogens (tertiary/aromatic N) is 3. The summed E-state index contributed by atoms with van der Waals surface area (Å²) in [5.41, 5.74) is 3.61. The Morgan fingerprint density at radius 3 is 2.34 bits per heavy atom. The number of hydrogen-bond acceptors (Lipinski definition) is 6. The number of carboxylic acid groups (broad SMARTS) is 1. The number of rotatable bonds is 8. The summed E-state index contributed by atoms with van der Waals surface area (Å²) < 4.78 is 0. The van der Waals surface area contributed by atoms with Gasteiger partial charge in [-0.3, -0.25) is 9.59 Å². The summed E-state index contributed by atoms with van der Waals surface area (Å²) in [5.74, 6) is -1.19. The quantitative estimate of drug-likeness (QED) is 0.354. The van der Waals surface area contributed by atoms with Crippen LogP contribution < -0.4 is 5.32 Å². The topological polar surface area (TPSA) is 112 Å². The Hall–Kier alpha value is -4.37. The number of carboxylic acids is 1. The normalized spacial score (nSPS) is 15.7. The van der Waals surface area contributed by atoms with Crippen LogP contribution in [0, 0.1) is 0 Å². The lowest BCUT2D eigenvalue weighted by Crippen LogP contribution is -2.52. The predicted octanol–water partition coefficient (Wildman–Crippen LogP) is 4.29. The average molecular weight is 527 g/mol. The maximum Gasteiger partial charge on any atom is 0.326 e. The zero-order valence-corrected chi connectivity index (χ0v) is 21.3. The molecule has 2 amide bonds. The molecule has 2 N–H and O–H groups in total. The molecule has 4 aromatic rings. The van der Waals surface area contributed by atoms with Crippen molar-refractivity contribution in [1.82, 2.24) is 20.2 Å². The number of amides is 2. The smallest absolute Gasteiger partial charge is 0.326 e. The molecule has 0 radical (unpaired) electrons. The van der Waals surface area contributed by atoms with Crippen LogP contribution in [-0.4, -0.2) is 56.4 Å². The number of thiophene rings is 1. The maximum atomic E-state index is 13.4. The summed E-state index contributed by atoms with van der Waals surface area (Å²) in [5, 5.41) is 14.2. The Kier molecular flexibility index (Phi) is 7.55. The van der Waals surface area contributed by atoms with E-state index in [4.69, 9.17) is 0 Å². The number of hydrogen-bond donors (Lipinski definition) is 2. The van der Waals surface area contributed by atoms with E-state index in [-0.39, 0.29) is 18.2 Å². The van der Waals surface area contributed by atoms with Crippen molar-refractivity contribution < 1.29 is 19.5 Å². The zero-order valence-electron chi connectivity index (χ0n) is 20.5. The standard InChI is InChI=1S/C29H26N4O4S/c34-27(25-9-5-15-38-25)32-23(28(35)33-14-4-8-24(33)29(36)37)16-19-10-12-21(13-11-19)26-30-17-22(18-31-26)20-6-2-1-3-7-20/h1-3,5-7,9-13,15,17-18,23-24H,4,8,14,16H2,(H,32,34)(H,36,37). The predicted molar refractivity (Wildman–Crippen MR) is 145 cm³/mol. The van der Waals surface area contributed by atoms with E-state index in [0.717, 1.165) is 22.3 Å². The highest BCUT2D eigenvalue weighted by atomic mass is 32.1. The Labute approximate surface area is 224 Å². The summed E-state index contributed by atoms with van der Waals surface area (Å²) in [6.07, 6.45) is 4.83. The van der Waals surface area contributed by atoms with Gasteiger partial charge in [0, 0.05) is 36.5 Å². The van der Waals surface area contributed by atoms with Gasteiger partial charge in [-0.05, 0) is 35.4 Å². The molecule has 38 heavy (non-hydrogen) atoms. The number of carbonyl (C=O) groups excluding carboxylic acids is 2. The highest BCUT2D eigenvalue weighted by molar-refractivity contribution is 7.12.